The van der Waals surface area contributed by atoms with E-state index in [1.165, 1.54) is 12.8 Å². The topological polar surface area (TPSA) is 78.4 Å². The smallest absolute Gasteiger partial charge is 0.247 e. The highest BCUT2D eigenvalue weighted by atomic mass is 79.9. The lowest BCUT2D eigenvalue weighted by Gasteiger charge is -2.22. The van der Waals surface area contributed by atoms with Gasteiger partial charge in [-0.25, -0.2) is 0 Å². The summed E-state index contributed by atoms with van der Waals surface area (Å²) >= 11 is 5.27. The molecular formula is C24H27BrN4O3S. The lowest BCUT2D eigenvalue weighted by Crippen LogP contribution is -2.18. The maximum Gasteiger partial charge on any atom is 0.247 e. The minimum atomic E-state index is -0.526. The summed E-state index contributed by atoms with van der Waals surface area (Å²) in [5.41, 5.74) is 3.26. The van der Waals surface area contributed by atoms with E-state index in [-0.39, 0.29) is 0 Å². The Morgan fingerprint density at radius 1 is 1.12 bits per heavy atom. The predicted octanol–water partition coefficient (Wildman–Crippen LogP) is 6.49. The molecule has 174 valence electrons. The second kappa shape index (κ2) is 11.1. The standard InChI is InChI=1S/C24H27BrN4O3S/c1-4-6-9-12-33-24-27-23-21(28-29-24)15-10-7-8-11-18(15)26-22(32-23)16-13-20(31-5-2)19(30-3)14-17(16)25/h7-8,10-11,13-14,22,26H,4-6,9,12H2,1-3H3/t22-/m1/s1. The lowest BCUT2D eigenvalue weighted by molar-refractivity contribution is 0.223. The fraction of sp³-hybridized carbons (Fsp3) is 0.375. The monoisotopic (exact) mass is 530 g/mol. The van der Waals surface area contributed by atoms with Crippen LogP contribution in [0.5, 0.6) is 17.4 Å². The van der Waals surface area contributed by atoms with Gasteiger partial charge in [-0.2, -0.15) is 4.98 Å². The number of rotatable bonds is 9. The number of anilines is 1. The van der Waals surface area contributed by atoms with Gasteiger partial charge in [0.1, 0.15) is 0 Å². The van der Waals surface area contributed by atoms with Gasteiger partial charge in [0.15, 0.2) is 23.4 Å². The molecule has 0 saturated heterocycles. The van der Waals surface area contributed by atoms with Crippen LogP contribution < -0.4 is 19.5 Å². The summed E-state index contributed by atoms with van der Waals surface area (Å²) < 4.78 is 18.5. The average Bonchev–Trinajstić information content (AvgIpc) is 2.99. The molecule has 3 aromatic rings. The maximum atomic E-state index is 6.42. The first kappa shape index (κ1) is 23.6. The molecular weight excluding hydrogens is 504 g/mol. The zero-order chi connectivity index (χ0) is 23.2. The van der Waals surface area contributed by atoms with Crippen LogP contribution in [-0.4, -0.2) is 34.7 Å². The van der Waals surface area contributed by atoms with Crippen molar-refractivity contribution < 1.29 is 14.2 Å². The molecule has 0 bridgehead atoms. The first-order chi connectivity index (χ1) is 16.1. The van der Waals surface area contributed by atoms with E-state index in [2.05, 4.69) is 38.4 Å². The number of methoxy groups -OCH3 is 1. The van der Waals surface area contributed by atoms with E-state index >= 15 is 0 Å². The van der Waals surface area contributed by atoms with E-state index in [0.717, 1.165) is 33.5 Å². The molecule has 2 heterocycles. The van der Waals surface area contributed by atoms with Crippen molar-refractivity contribution in [2.75, 3.05) is 24.8 Å². The highest BCUT2D eigenvalue weighted by Gasteiger charge is 2.28. The van der Waals surface area contributed by atoms with Crippen molar-refractivity contribution in [3.05, 3.63) is 46.4 Å². The van der Waals surface area contributed by atoms with Crippen LogP contribution in [0.4, 0.5) is 5.69 Å². The third kappa shape index (κ3) is 5.35. The zero-order valence-corrected chi connectivity index (χ0v) is 21.3. The minimum Gasteiger partial charge on any atom is -0.493 e. The van der Waals surface area contributed by atoms with Crippen LogP contribution in [0, 0.1) is 0 Å². The Balaban J connectivity index is 1.73. The van der Waals surface area contributed by atoms with Crippen LogP contribution in [0.2, 0.25) is 0 Å². The number of ether oxygens (including phenoxy) is 3. The SMILES string of the molecule is CCCCCSc1nnc2c(n1)O[C@H](c1cc(OCC)c(OC)cc1Br)Nc1ccccc1-2. The van der Waals surface area contributed by atoms with Crippen molar-refractivity contribution in [2.24, 2.45) is 0 Å². The molecule has 0 unspecified atom stereocenters. The number of fused-ring (bicyclic) bond motifs is 3. The van der Waals surface area contributed by atoms with Crippen molar-refractivity contribution >= 4 is 33.4 Å². The zero-order valence-electron chi connectivity index (χ0n) is 18.9. The summed E-state index contributed by atoms with van der Waals surface area (Å²) in [6, 6.07) is 11.7. The van der Waals surface area contributed by atoms with Crippen molar-refractivity contribution in [2.45, 2.75) is 44.5 Å². The summed E-state index contributed by atoms with van der Waals surface area (Å²) in [5.74, 6) is 2.70. The number of benzene rings is 2. The first-order valence-corrected chi connectivity index (χ1v) is 12.8. The van der Waals surface area contributed by atoms with Gasteiger partial charge >= 0.3 is 0 Å². The molecule has 0 amide bonds. The summed E-state index contributed by atoms with van der Waals surface area (Å²) in [6.07, 6.45) is 2.96. The van der Waals surface area contributed by atoms with E-state index in [0.29, 0.717) is 34.8 Å². The summed E-state index contributed by atoms with van der Waals surface area (Å²) in [5, 5.41) is 12.9. The summed E-state index contributed by atoms with van der Waals surface area (Å²) in [6.45, 7) is 4.66. The van der Waals surface area contributed by atoms with E-state index in [4.69, 9.17) is 19.2 Å². The minimum absolute atomic E-state index is 0.450. The number of unbranched alkanes of at least 4 members (excludes halogenated alkanes) is 2. The van der Waals surface area contributed by atoms with Crippen LogP contribution in [-0.2, 0) is 0 Å². The highest BCUT2D eigenvalue weighted by Crippen LogP contribution is 2.43. The number of nitrogens with one attached hydrogen (secondary N) is 1. The van der Waals surface area contributed by atoms with E-state index in [1.807, 2.05) is 43.3 Å². The highest BCUT2D eigenvalue weighted by molar-refractivity contribution is 9.10. The van der Waals surface area contributed by atoms with Gasteiger partial charge in [-0.05, 0) is 31.5 Å². The van der Waals surface area contributed by atoms with E-state index in [9.17, 15) is 0 Å². The van der Waals surface area contributed by atoms with Crippen LogP contribution in [0.25, 0.3) is 11.3 Å². The Labute approximate surface area is 206 Å². The van der Waals surface area contributed by atoms with Gasteiger partial charge in [-0.3, -0.25) is 0 Å². The molecule has 2 aromatic carbocycles. The van der Waals surface area contributed by atoms with Gasteiger partial charge in [0.2, 0.25) is 11.0 Å². The number of aromatic nitrogens is 3. The Kier molecular flexibility index (Phi) is 7.93. The molecule has 1 aliphatic rings. The van der Waals surface area contributed by atoms with Gasteiger partial charge in [-0.15, -0.1) is 10.2 Å². The number of halogens is 1. The number of nitrogens with zero attached hydrogens (tertiary/aromatic N) is 3. The third-order valence-electron chi connectivity index (χ3n) is 5.18. The summed E-state index contributed by atoms with van der Waals surface area (Å²) in [4.78, 5) is 4.72. The average molecular weight is 531 g/mol. The Bertz CT molecular complexity index is 1120. The molecule has 1 atom stereocenters. The molecule has 4 rings (SSSR count). The number of para-hydroxylation sites is 1. The molecule has 33 heavy (non-hydrogen) atoms. The largest absolute Gasteiger partial charge is 0.493 e. The molecule has 0 aliphatic carbocycles. The molecule has 1 aromatic heterocycles. The first-order valence-electron chi connectivity index (χ1n) is 11.0. The van der Waals surface area contributed by atoms with Gasteiger partial charge in [-0.1, -0.05) is 65.7 Å². The number of hydrogen-bond acceptors (Lipinski definition) is 8. The molecule has 9 heteroatoms. The molecule has 1 aliphatic heterocycles. The van der Waals surface area contributed by atoms with Crippen molar-refractivity contribution in [3.63, 3.8) is 0 Å². The van der Waals surface area contributed by atoms with E-state index in [1.54, 1.807) is 18.9 Å². The quantitative estimate of drug-likeness (QED) is 0.248. The van der Waals surface area contributed by atoms with Gasteiger partial charge in [0.05, 0.1) is 13.7 Å². The molecule has 1 N–H and O–H groups in total. The predicted molar refractivity (Wildman–Crippen MR) is 134 cm³/mol. The normalized spacial score (nSPS) is 14.4. The molecule has 0 fully saturated rings. The number of thioether (sulfide) groups is 1. The second-order valence-electron chi connectivity index (χ2n) is 7.45. The van der Waals surface area contributed by atoms with Crippen LogP contribution in [0.1, 0.15) is 44.9 Å². The van der Waals surface area contributed by atoms with Crippen LogP contribution >= 0.6 is 27.7 Å². The molecule has 0 spiro atoms. The van der Waals surface area contributed by atoms with E-state index < -0.39 is 6.23 Å². The van der Waals surface area contributed by atoms with Crippen molar-refractivity contribution in [3.8, 4) is 28.6 Å². The van der Waals surface area contributed by atoms with Crippen LogP contribution in [0.15, 0.2) is 46.0 Å². The summed E-state index contributed by atoms with van der Waals surface area (Å²) in [7, 11) is 1.62. The Hall–Kier alpha value is -2.52. The fourth-order valence-electron chi connectivity index (χ4n) is 3.54. The molecule has 0 saturated carbocycles. The fourth-order valence-corrected chi connectivity index (χ4v) is 4.85. The van der Waals surface area contributed by atoms with Gasteiger partial charge in [0.25, 0.3) is 0 Å². The Morgan fingerprint density at radius 2 is 1.97 bits per heavy atom. The molecule has 0 radical (unpaired) electrons. The van der Waals surface area contributed by atoms with Crippen molar-refractivity contribution in [1.29, 1.82) is 0 Å². The third-order valence-corrected chi connectivity index (χ3v) is 6.79. The Morgan fingerprint density at radius 3 is 2.76 bits per heavy atom. The van der Waals surface area contributed by atoms with Gasteiger partial charge in [0, 0.05) is 27.0 Å². The lowest BCUT2D eigenvalue weighted by atomic mass is 10.1. The molecule has 7 nitrogen and oxygen atoms in total. The number of hydrogen-bond donors (Lipinski definition) is 1. The van der Waals surface area contributed by atoms with Crippen LogP contribution in [0.3, 0.4) is 0 Å². The second-order valence-corrected chi connectivity index (χ2v) is 9.37. The van der Waals surface area contributed by atoms with Gasteiger partial charge < -0.3 is 19.5 Å². The maximum absolute atomic E-state index is 6.42. The van der Waals surface area contributed by atoms with Crippen molar-refractivity contribution in [1.82, 2.24) is 15.2 Å².